The molecule has 0 saturated heterocycles. The Bertz CT molecular complexity index is 480. The Balaban J connectivity index is 2.74. The lowest BCUT2D eigenvalue weighted by Gasteiger charge is -2.16. The third kappa shape index (κ3) is 4.39. The third-order valence-corrected chi connectivity index (χ3v) is 2.70. The maximum atomic E-state index is 12.0. The summed E-state index contributed by atoms with van der Waals surface area (Å²) in [6.07, 6.45) is -0.796. The molecule has 0 aliphatic heterocycles. The molecule has 1 amide bonds. The zero-order chi connectivity index (χ0) is 14.6. The minimum Gasteiger partial charge on any atom is -0.449 e. The molecule has 1 N–H and O–H groups in total. The van der Waals surface area contributed by atoms with Crippen molar-refractivity contribution in [1.82, 2.24) is 5.32 Å². The van der Waals surface area contributed by atoms with Crippen molar-refractivity contribution >= 4 is 11.9 Å². The highest BCUT2D eigenvalue weighted by atomic mass is 16.5. The van der Waals surface area contributed by atoms with Crippen LogP contribution in [-0.2, 0) is 9.53 Å². The van der Waals surface area contributed by atoms with Crippen LogP contribution in [-0.4, -0.2) is 24.0 Å². The highest BCUT2D eigenvalue weighted by Gasteiger charge is 2.20. The standard InChI is InChI=1S/C15H21NO3/c1-9(2)16-14(17)12(5)19-15(18)13-8-10(3)6-7-11(13)4/h6-9,12H,1-5H3,(H,16,17). The van der Waals surface area contributed by atoms with Gasteiger partial charge in [-0.1, -0.05) is 17.7 Å². The number of amides is 1. The quantitative estimate of drug-likeness (QED) is 0.848. The van der Waals surface area contributed by atoms with E-state index in [2.05, 4.69) is 5.32 Å². The maximum absolute atomic E-state index is 12.0. The van der Waals surface area contributed by atoms with Crippen molar-refractivity contribution in [2.24, 2.45) is 0 Å². The molecule has 0 radical (unpaired) electrons. The molecule has 4 heteroatoms. The van der Waals surface area contributed by atoms with Crippen LogP contribution in [0.25, 0.3) is 0 Å². The summed E-state index contributed by atoms with van der Waals surface area (Å²) in [5.41, 5.74) is 2.33. The van der Waals surface area contributed by atoms with Gasteiger partial charge in [-0.3, -0.25) is 4.79 Å². The molecule has 0 spiro atoms. The number of nitrogens with one attached hydrogen (secondary N) is 1. The minimum atomic E-state index is -0.796. The number of carbonyl (C=O) groups excluding carboxylic acids is 2. The van der Waals surface area contributed by atoms with E-state index in [9.17, 15) is 9.59 Å². The Kier molecular flexibility index (Phi) is 5.10. The topological polar surface area (TPSA) is 55.4 Å². The molecule has 0 aliphatic carbocycles. The Morgan fingerprint density at radius 3 is 2.37 bits per heavy atom. The fourth-order valence-corrected chi connectivity index (χ4v) is 1.64. The van der Waals surface area contributed by atoms with Gasteiger partial charge >= 0.3 is 5.97 Å². The Hall–Kier alpha value is -1.84. The van der Waals surface area contributed by atoms with Crippen molar-refractivity contribution in [2.75, 3.05) is 0 Å². The first-order valence-corrected chi connectivity index (χ1v) is 6.40. The average molecular weight is 263 g/mol. The Labute approximate surface area is 114 Å². The van der Waals surface area contributed by atoms with E-state index < -0.39 is 12.1 Å². The highest BCUT2D eigenvalue weighted by Crippen LogP contribution is 2.13. The molecular weight excluding hydrogens is 242 g/mol. The second kappa shape index (κ2) is 6.36. The molecule has 1 unspecified atom stereocenters. The van der Waals surface area contributed by atoms with Gasteiger partial charge in [-0.05, 0) is 46.2 Å². The molecule has 0 aromatic heterocycles. The van der Waals surface area contributed by atoms with Gasteiger partial charge in [0, 0.05) is 6.04 Å². The van der Waals surface area contributed by atoms with Crippen molar-refractivity contribution in [3.8, 4) is 0 Å². The molecule has 1 rings (SSSR count). The Morgan fingerprint density at radius 1 is 1.16 bits per heavy atom. The van der Waals surface area contributed by atoms with Crippen LogP contribution < -0.4 is 5.32 Å². The van der Waals surface area contributed by atoms with Crippen LogP contribution in [0.2, 0.25) is 0 Å². The van der Waals surface area contributed by atoms with Gasteiger partial charge in [0.2, 0.25) is 0 Å². The number of esters is 1. The van der Waals surface area contributed by atoms with Crippen LogP contribution in [0, 0.1) is 13.8 Å². The average Bonchev–Trinajstić information content (AvgIpc) is 2.31. The van der Waals surface area contributed by atoms with E-state index in [1.54, 1.807) is 13.0 Å². The van der Waals surface area contributed by atoms with Gasteiger partial charge in [-0.25, -0.2) is 4.79 Å². The molecule has 1 aromatic carbocycles. The van der Waals surface area contributed by atoms with Crippen LogP contribution in [0.1, 0.15) is 42.3 Å². The second-order valence-corrected chi connectivity index (χ2v) is 5.03. The Morgan fingerprint density at radius 2 is 1.79 bits per heavy atom. The molecule has 0 bridgehead atoms. The van der Waals surface area contributed by atoms with Crippen molar-refractivity contribution in [2.45, 2.75) is 46.8 Å². The molecule has 1 aromatic rings. The van der Waals surface area contributed by atoms with Crippen molar-refractivity contribution in [1.29, 1.82) is 0 Å². The number of aryl methyl sites for hydroxylation is 2. The lowest BCUT2D eigenvalue weighted by atomic mass is 10.1. The fraction of sp³-hybridized carbons (Fsp3) is 0.467. The van der Waals surface area contributed by atoms with Crippen molar-refractivity contribution in [3.05, 3.63) is 34.9 Å². The number of carbonyl (C=O) groups is 2. The van der Waals surface area contributed by atoms with E-state index in [4.69, 9.17) is 4.74 Å². The number of hydrogen-bond donors (Lipinski definition) is 1. The first-order chi connectivity index (χ1) is 8.81. The summed E-state index contributed by atoms with van der Waals surface area (Å²) < 4.78 is 5.18. The zero-order valence-corrected chi connectivity index (χ0v) is 12.1. The largest absolute Gasteiger partial charge is 0.449 e. The predicted octanol–water partition coefficient (Wildman–Crippen LogP) is 2.37. The summed E-state index contributed by atoms with van der Waals surface area (Å²) in [7, 11) is 0. The van der Waals surface area contributed by atoms with Gasteiger partial charge in [0.1, 0.15) is 0 Å². The number of benzene rings is 1. The highest BCUT2D eigenvalue weighted by molar-refractivity contribution is 5.93. The van der Waals surface area contributed by atoms with Crippen LogP contribution in [0.4, 0.5) is 0 Å². The van der Waals surface area contributed by atoms with E-state index in [-0.39, 0.29) is 11.9 Å². The van der Waals surface area contributed by atoms with E-state index in [0.717, 1.165) is 11.1 Å². The molecule has 0 saturated carbocycles. The predicted molar refractivity (Wildman–Crippen MR) is 74.1 cm³/mol. The summed E-state index contributed by atoms with van der Waals surface area (Å²) in [5.74, 6) is -0.749. The lowest BCUT2D eigenvalue weighted by molar-refractivity contribution is -0.129. The molecular formula is C15H21NO3. The smallest absolute Gasteiger partial charge is 0.339 e. The van der Waals surface area contributed by atoms with Crippen LogP contribution in [0.5, 0.6) is 0 Å². The lowest BCUT2D eigenvalue weighted by Crippen LogP contribution is -2.39. The van der Waals surface area contributed by atoms with Gasteiger partial charge in [0.05, 0.1) is 5.56 Å². The van der Waals surface area contributed by atoms with Gasteiger partial charge < -0.3 is 10.1 Å². The second-order valence-electron chi connectivity index (χ2n) is 5.03. The van der Waals surface area contributed by atoms with Gasteiger partial charge in [-0.2, -0.15) is 0 Å². The van der Waals surface area contributed by atoms with Crippen molar-refractivity contribution < 1.29 is 14.3 Å². The zero-order valence-electron chi connectivity index (χ0n) is 12.1. The SMILES string of the molecule is Cc1ccc(C)c(C(=O)OC(C)C(=O)NC(C)C)c1. The molecule has 4 nitrogen and oxygen atoms in total. The summed E-state index contributed by atoms with van der Waals surface area (Å²) in [5, 5.41) is 2.71. The van der Waals surface area contributed by atoms with Crippen LogP contribution >= 0.6 is 0 Å². The molecule has 0 fully saturated rings. The molecule has 0 aliphatic rings. The normalized spacial score (nSPS) is 12.1. The van der Waals surface area contributed by atoms with E-state index in [0.29, 0.717) is 5.56 Å². The van der Waals surface area contributed by atoms with Crippen LogP contribution in [0.3, 0.4) is 0 Å². The van der Waals surface area contributed by atoms with Crippen LogP contribution in [0.15, 0.2) is 18.2 Å². The summed E-state index contributed by atoms with van der Waals surface area (Å²) >= 11 is 0. The number of ether oxygens (including phenoxy) is 1. The number of hydrogen-bond acceptors (Lipinski definition) is 3. The summed E-state index contributed by atoms with van der Waals surface area (Å²) in [6, 6.07) is 5.59. The molecule has 0 heterocycles. The van der Waals surface area contributed by atoms with Gasteiger partial charge in [0.25, 0.3) is 5.91 Å². The van der Waals surface area contributed by atoms with Gasteiger partial charge in [-0.15, -0.1) is 0 Å². The first-order valence-electron chi connectivity index (χ1n) is 6.40. The first kappa shape index (κ1) is 15.2. The summed E-state index contributed by atoms with van der Waals surface area (Å²) in [6.45, 7) is 9.04. The third-order valence-electron chi connectivity index (χ3n) is 2.70. The molecule has 19 heavy (non-hydrogen) atoms. The molecule has 1 atom stereocenters. The fourth-order valence-electron chi connectivity index (χ4n) is 1.64. The van der Waals surface area contributed by atoms with E-state index >= 15 is 0 Å². The maximum Gasteiger partial charge on any atom is 0.339 e. The van der Waals surface area contributed by atoms with E-state index in [1.807, 2.05) is 39.8 Å². The minimum absolute atomic E-state index is 0.0226. The monoisotopic (exact) mass is 263 g/mol. The van der Waals surface area contributed by atoms with Crippen molar-refractivity contribution in [3.63, 3.8) is 0 Å². The number of rotatable bonds is 4. The van der Waals surface area contributed by atoms with E-state index in [1.165, 1.54) is 0 Å². The summed E-state index contributed by atoms with van der Waals surface area (Å²) in [4.78, 5) is 23.7. The van der Waals surface area contributed by atoms with Gasteiger partial charge in [0.15, 0.2) is 6.10 Å². The molecule has 104 valence electrons.